The molecule has 4 fully saturated rings. The maximum Gasteiger partial charge on any atom is 0.405 e. The van der Waals surface area contributed by atoms with Gasteiger partial charge in [-0.05, 0) is 61.8 Å². The largest absolute Gasteiger partial charge is 0.465 e. The summed E-state index contributed by atoms with van der Waals surface area (Å²) in [6, 6.07) is 10.6. The third-order valence-electron chi connectivity index (χ3n) is 7.28. The molecule has 3 N–H and O–H groups in total. The summed E-state index contributed by atoms with van der Waals surface area (Å²) in [5.74, 6) is 2.01. The molecule has 4 aliphatic rings. The highest BCUT2D eigenvalue weighted by molar-refractivity contribution is 5.66. The van der Waals surface area contributed by atoms with E-state index in [-0.39, 0.29) is 11.1 Å². The van der Waals surface area contributed by atoms with Crippen LogP contribution < -0.4 is 10.6 Å². The van der Waals surface area contributed by atoms with E-state index >= 15 is 0 Å². The number of carboxylic acid groups (broad SMARTS) is 1. The lowest BCUT2D eigenvalue weighted by Crippen LogP contribution is -2.72. The number of benzene rings is 1. The second kappa shape index (κ2) is 6.88. The number of hydrogen-bond donors (Lipinski definition) is 3. The SMILES string of the molecule is CCCCC1C2CC3CC(NC(=O)O)(C2)CC1(NCc1ccccc1)C3. The molecule has 1 amide bonds. The Balaban J connectivity index is 1.59. The molecule has 0 radical (unpaired) electrons. The Morgan fingerprint density at radius 1 is 1.23 bits per heavy atom. The maximum atomic E-state index is 11.5. The minimum Gasteiger partial charge on any atom is -0.465 e. The minimum atomic E-state index is -0.852. The van der Waals surface area contributed by atoms with Gasteiger partial charge >= 0.3 is 6.09 Å². The van der Waals surface area contributed by atoms with E-state index in [9.17, 15) is 9.90 Å². The first-order valence-electron chi connectivity index (χ1n) is 10.3. The number of rotatable bonds is 7. The molecule has 1 aromatic rings. The maximum absolute atomic E-state index is 11.5. The van der Waals surface area contributed by atoms with Gasteiger partial charge < -0.3 is 15.7 Å². The summed E-state index contributed by atoms with van der Waals surface area (Å²) in [5, 5.41) is 16.4. The van der Waals surface area contributed by atoms with Gasteiger partial charge in [-0.3, -0.25) is 0 Å². The number of amides is 1. The highest BCUT2D eigenvalue weighted by Gasteiger charge is 2.62. The van der Waals surface area contributed by atoms with Crippen molar-refractivity contribution < 1.29 is 9.90 Å². The molecule has 4 heteroatoms. The lowest BCUT2D eigenvalue weighted by atomic mass is 9.45. The monoisotopic (exact) mass is 356 g/mol. The number of carbonyl (C=O) groups is 1. The zero-order valence-electron chi connectivity index (χ0n) is 15.8. The second-order valence-corrected chi connectivity index (χ2v) is 9.11. The number of hydrogen-bond acceptors (Lipinski definition) is 2. The van der Waals surface area contributed by atoms with E-state index in [0.717, 1.165) is 25.8 Å². The van der Waals surface area contributed by atoms with Crippen LogP contribution in [0, 0.1) is 17.8 Å². The van der Waals surface area contributed by atoms with Gasteiger partial charge in [0.1, 0.15) is 0 Å². The van der Waals surface area contributed by atoms with Crippen molar-refractivity contribution in [1.82, 2.24) is 10.6 Å². The smallest absolute Gasteiger partial charge is 0.405 e. The first-order chi connectivity index (χ1) is 12.5. The van der Waals surface area contributed by atoms with Crippen LogP contribution in [0.15, 0.2) is 30.3 Å². The van der Waals surface area contributed by atoms with Gasteiger partial charge in [-0.1, -0.05) is 50.1 Å². The molecule has 4 aliphatic carbocycles. The molecule has 0 aliphatic heterocycles. The van der Waals surface area contributed by atoms with Crippen molar-refractivity contribution in [2.45, 2.75) is 75.9 Å². The van der Waals surface area contributed by atoms with Crippen LogP contribution in [0.2, 0.25) is 0 Å². The predicted octanol–water partition coefficient (Wildman–Crippen LogP) is 4.55. The molecule has 0 aromatic heterocycles. The van der Waals surface area contributed by atoms with Crippen LogP contribution in [0.4, 0.5) is 4.79 Å². The highest BCUT2D eigenvalue weighted by atomic mass is 16.4. The van der Waals surface area contributed by atoms with Gasteiger partial charge in [0, 0.05) is 17.6 Å². The van der Waals surface area contributed by atoms with Crippen LogP contribution in [0.3, 0.4) is 0 Å². The Hall–Kier alpha value is -1.55. The standard InChI is InChI=1S/C22H32N2O2/c1-2-3-9-19-18-10-17-11-21(13-18,24-20(25)26)15-22(19,12-17)23-14-16-7-5-4-6-8-16/h4-8,17-19,23-24H,2-3,9-15H2,1H3,(H,25,26). The summed E-state index contributed by atoms with van der Waals surface area (Å²) in [4.78, 5) is 11.5. The average molecular weight is 357 g/mol. The van der Waals surface area contributed by atoms with Crippen LogP contribution >= 0.6 is 0 Å². The van der Waals surface area contributed by atoms with Gasteiger partial charge in [0.2, 0.25) is 0 Å². The second-order valence-electron chi connectivity index (χ2n) is 9.11. The van der Waals surface area contributed by atoms with Crippen LogP contribution in [-0.2, 0) is 6.54 Å². The van der Waals surface area contributed by atoms with Crippen molar-refractivity contribution in [2.24, 2.45) is 17.8 Å². The lowest BCUT2D eigenvalue weighted by Gasteiger charge is -2.66. The number of unbranched alkanes of at least 4 members (excludes halogenated alkanes) is 1. The summed E-state index contributed by atoms with van der Waals surface area (Å²) in [6.45, 7) is 3.15. The topological polar surface area (TPSA) is 61.4 Å². The van der Waals surface area contributed by atoms with Crippen molar-refractivity contribution in [3.05, 3.63) is 35.9 Å². The summed E-state index contributed by atoms with van der Waals surface area (Å²) >= 11 is 0. The molecular weight excluding hydrogens is 324 g/mol. The minimum absolute atomic E-state index is 0.0948. The first kappa shape index (κ1) is 17.8. The average Bonchev–Trinajstić information content (AvgIpc) is 2.59. The third-order valence-corrected chi connectivity index (χ3v) is 7.28. The van der Waals surface area contributed by atoms with Crippen molar-refractivity contribution in [3.8, 4) is 0 Å². The van der Waals surface area contributed by atoms with Gasteiger partial charge in [0.25, 0.3) is 0 Å². The molecule has 5 unspecified atom stereocenters. The molecule has 4 saturated carbocycles. The molecule has 0 heterocycles. The van der Waals surface area contributed by atoms with E-state index in [4.69, 9.17) is 0 Å². The van der Waals surface area contributed by atoms with Gasteiger partial charge in [-0.2, -0.15) is 0 Å². The molecular formula is C22H32N2O2. The third kappa shape index (κ3) is 3.24. The lowest BCUT2D eigenvalue weighted by molar-refractivity contribution is -0.0999. The number of nitrogens with one attached hydrogen (secondary N) is 2. The van der Waals surface area contributed by atoms with E-state index in [0.29, 0.717) is 17.8 Å². The van der Waals surface area contributed by atoms with Crippen molar-refractivity contribution in [1.29, 1.82) is 0 Å². The Bertz CT molecular complexity index is 649. The van der Waals surface area contributed by atoms with Gasteiger partial charge in [0.05, 0.1) is 0 Å². The summed E-state index contributed by atoms with van der Waals surface area (Å²) in [6.07, 6.45) is 8.48. The Morgan fingerprint density at radius 2 is 2.04 bits per heavy atom. The zero-order valence-corrected chi connectivity index (χ0v) is 15.8. The van der Waals surface area contributed by atoms with E-state index < -0.39 is 6.09 Å². The molecule has 26 heavy (non-hydrogen) atoms. The molecule has 0 saturated heterocycles. The first-order valence-corrected chi connectivity index (χ1v) is 10.3. The Labute approximate surface area is 156 Å². The molecule has 1 aromatic carbocycles. The van der Waals surface area contributed by atoms with E-state index in [1.807, 2.05) is 0 Å². The van der Waals surface area contributed by atoms with Crippen LogP contribution in [-0.4, -0.2) is 22.3 Å². The van der Waals surface area contributed by atoms with E-state index in [1.165, 1.54) is 37.7 Å². The molecule has 0 spiro atoms. The predicted molar refractivity (Wildman–Crippen MR) is 103 cm³/mol. The van der Waals surface area contributed by atoms with Gasteiger partial charge in [0.15, 0.2) is 0 Å². The molecule has 5 atom stereocenters. The van der Waals surface area contributed by atoms with Crippen LogP contribution in [0.1, 0.15) is 63.9 Å². The van der Waals surface area contributed by atoms with Crippen LogP contribution in [0.25, 0.3) is 0 Å². The Morgan fingerprint density at radius 3 is 2.77 bits per heavy atom. The van der Waals surface area contributed by atoms with Crippen molar-refractivity contribution in [2.75, 3.05) is 0 Å². The molecule has 4 nitrogen and oxygen atoms in total. The van der Waals surface area contributed by atoms with E-state index in [1.54, 1.807) is 0 Å². The summed E-state index contributed by atoms with van der Waals surface area (Å²) in [7, 11) is 0. The zero-order chi connectivity index (χ0) is 18.2. The normalized spacial score (nSPS) is 37.7. The van der Waals surface area contributed by atoms with Gasteiger partial charge in [-0.15, -0.1) is 0 Å². The van der Waals surface area contributed by atoms with E-state index in [2.05, 4.69) is 47.9 Å². The fraction of sp³-hybridized carbons (Fsp3) is 0.682. The quantitative estimate of drug-likeness (QED) is 0.671. The fourth-order valence-electron chi connectivity index (χ4n) is 6.71. The van der Waals surface area contributed by atoms with Crippen molar-refractivity contribution in [3.63, 3.8) is 0 Å². The van der Waals surface area contributed by atoms with Crippen LogP contribution in [0.5, 0.6) is 0 Å². The molecule has 5 rings (SSSR count). The summed E-state index contributed by atoms with van der Waals surface area (Å²) < 4.78 is 0. The molecule has 142 valence electrons. The van der Waals surface area contributed by atoms with Gasteiger partial charge in [-0.25, -0.2) is 4.79 Å². The fourth-order valence-corrected chi connectivity index (χ4v) is 6.71. The highest BCUT2D eigenvalue weighted by Crippen LogP contribution is 2.61. The van der Waals surface area contributed by atoms with Crippen molar-refractivity contribution >= 4 is 6.09 Å². The Kier molecular flexibility index (Phi) is 4.72. The molecule has 4 bridgehead atoms. The summed E-state index contributed by atoms with van der Waals surface area (Å²) in [5.41, 5.74) is 1.21.